The number of carboxylic acids is 1. The third-order valence-corrected chi connectivity index (χ3v) is 6.30. The first-order valence-corrected chi connectivity index (χ1v) is 12.8. The third kappa shape index (κ3) is 6.64. The summed E-state index contributed by atoms with van der Waals surface area (Å²) in [6.45, 7) is 4.11. The van der Waals surface area contributed by atoms with Crippen molar-refractivity contribution in [1.82, 2.24) is 19.3 Å². The fourth-order valence-electron chi connectivity index (χ4n) is 4.26. The number of aryl methyl sites for hydroxylation is 1. The number of nitrogens with one attached hydrogen (secondary N) is 2. The van der Waals surface area contributed by atoms with Gasteiger partial charge in [-0.1, -0.05) is 6.92 Å². The van der Waals surface area contributed by atoms with Gasteiger partial charge < -0.3 is 25.2 Å². The van der Waals surface area contributed by atoms with Crippen molar-refractivity contribution in [2.75, 3.05) is 57.6 Å². The van der Waals surface area contributed by atoms with Gasteiger partial charge in [0.05, 0.1) is 38.8 Å². The molecule has 2 aromatic carbocycles. The van der Waals surface area contributed by atoms with Gasteiger partial charge in [0.2, 0.25) is 5.82 Å². The number of halogens is 2. The largest absolute Gasteiger partial charge is 0.494 e. The lowest BCUT2D eigenvalue weighted by Crippen LogP contribution is -2.29. The number of hydrogen-bond donors (Lipinski definition) is 3. The predicted octanol–water partition coefficient (Wildman–Crippen LogP) is 4.43. The van der Waals surface area contributed by atoms with Gasteiger partial charge in [-0.05, 0) is 49.4 Å². The molecule has 40 heavy (non-hydrogen) atoms. The molecule has 0 unspecified atom stereocenters. The van der Waals surface area contributed by atoms with Crippen molar-refractivity contribution in [3.8, 4) is 17.0 Å². The minimum absolute atomic E-state index is 0.0190. The van der Waals surface area contributed by atoms with Crippen LogP contribution >= 0.6 is 0 Å². The van der Waals surface area contributed by atoms with E-state index in [1.807, 2.05) is 18.2 Å². The number of rotatable bonds is 14. The van der Waals surface area contributed by atoms with Gasteiger partial charge in [-0.25, -0.2) is 14.4 Å². The summed E-state index contributed by atoms with van der Waals surface area (Å²) in [5, 5.41) is 15.5. The summed E-state index contributed by atoms with van der Waals surface area (Å²) >= 11 is 0. The first kappa shape index (κ1) is 28.7. The number of benzene rings is 2. The zero-order valence-electron chi connectivity index (χ0n) is 22.6. The Hall–Kier alpha value is -4.29. The highest BCUT2D eigenvalue weighted by atomic mass is 19.2. The maximum Gasteiger partial charge on any atom is 0.317 e. The molecule has 0 aliphatic carbocycles. The number of fused-ring (bicyclic) bond motifs is 1. The molecule has 0 saturated heterocycles. The van der Waals surface area contributed by atoms with E-state index in [1.165, 1.54) is 25.4 Å². The van der Waals surface area contributed by atoms with Crippen LogP contribution in [0.3, 0.4) is 0 Å². The number of ether oxygens (including phenoxy) is 2. The molecule has 3 N–H and O–H groups in total. The lowest BCUT2D eigenvalue weighted by Gasteiger charge is -2.15. The first-order valence-electron chi connectivity index (χ1n) is 12.8. The fraction of sp³-hybridized carbons (Fsp3) is 0.321. The Balaban J connectivity index is 1.42. The summed E-state index contributed by atoms with van der Waals surface area (Å²) in [7, 11) is 3.02. The van der Waals surface area contributed by atoms with Crippen LogP contribution in [0.15, 0.2) is 48.9 Å². The second kappa shape index (κ2) is 13.2. The molecule has 0 fully saturated rings. The molecule has 0 aliphatic heterocycles. The quantitative estimate of drug-likeness (QED) is 0.195. The van der Waals surface area contributed by atoms with Crippen LogP contribution in [-0.4, -0.2) is 77.3 Å². The number of carboxylic acid groups (broad SMARTS) is 1. The van der Waals surface area contributed by atoms with E-state index in [2.05, 4.69) is 27.5 Å². The number of nitrogens with zero attached hydrogens (tertiary/aromatic N) is 4. The molecular weight excluding hydrogens is 522 g/mol. The van der Waals surface area contributed by atoms with Crippen LogP contribution in [0.25, 0.3) is 16.9 Å². The van der Waals surface area contributed by atoms with Crippen molar-refractivity contribution in [3.05, 3.63) is 66.1 Å². The highest BCUT2D eigenvalue weighted by Crippen LogP contribution is 2.32. The minimum Gasteiger partial charge on any atom is -0.494 e. The Kier molecular flexibility index (Phi) is 9.46. The number of methoxy groups -OCH3 is 1. The average molecular weight is 555 g/mol. The van der Waals surface area contributed by atoms with Crippen LogP contribution in [-0.2, 0) is 16.0 Å². The SMILES string of the molecule is CCc1cc(Nc2nccn3c(-c4ccc(OC)c(F)c4F)cnc23)ccc1NCCOCCN(C)CC(=O)O. The second-order valence-corrected chi connectivity index (χ2v) is 9.08. The van der Waals surface area contributed by atoms with Crippen molar-refractivity contribution >= 4 is 28.8 Å². The van der Waals surface area contributed by atoms with Gasteiger partial charge in [0.25, 0.3) is 0 Å². The minimum atomic E-state index is -1.06. The van der Waals surface area contributed by atoms with E-state index < -0.39 is 17.6 Å². The summed E-state index contributed by atoms with van der Waals surface area (Å²) in [6.07, 6.45) is 5.46. The maximum absolute atomic E-state index is 14.8. The molecule has 212 valence electrons. The van der Waals surface area contributed by atoms with Crippen molar-refractivity contribution in [3.63, 3.8) is 0 Å². The van der Waals surface area contributed by atoms with Crippen molar-refractivity contribution in [1.29, 1.82) is 0 Å². The molecule has 2 aromatic heterocycles. The molecule has 0 aliphatic rings. The number of aromatic nitrogens is 3. The highest BCUT2D eigenvalue weighted by Gasteiger charge is 2.19. The van der Waals surface area contributed by atoms with Crippen molar-refractivity contribution in [2.24, 2.45) is 0 Å². The lowest BCUT2D eigenvalue weighted by molar-refractivity contribution is -0.138. The van der Waals surface area contributed by atoms with Crippen molar-refractivity contribution < 1.29 is 28.2 Å². The molecule has 10 nitrogen and oxygen atoms in total. The highest BCUT2D eigenvalue weighted by molar-refractivity contribution is 5.75. The van der Waals surface area contributed by atoms with E-state index in [1.54, 1.807) is 28.7 Å². The number of imidazole rings is 1. The predicted molar refractivity (Wildman–Crippen MR) is 148 cm³/mol. The molecule has 0 amide bonds. The Morgan fingerprint density at radius 2 is 1.98 bits per heavy atom. The Bertz CT molecular complexity index is 1480. The second-order valence-electron chi connectivity index (χ2n) is 9.08. The van der Waals surface area contributed by atoms with Crippen molar-refractivity contribution in [2.45, 2.75) is 13.3 Å². The van der Waals surface area contributed by atoms with E-state index in [0.717, 1.165) is 23.4 Å². The van der Waals surface area contributed by atoms with Crippen LogP contribution in [0.1, 0.15) is 12.5 Å². The van der Waals surface area contributed by atoms with E-state index in [0.29, 0.717) is 43.5 Å². The fourth-order valence-corrected chi connectivity index (χ4v) is 4.26. The molecule has 0 radical (unpaired) electrons. The number of aliphatic carboxylic acids is 1. The molecule has 0 saturated carbocycles. The Morgan fingerprint density at radius 3 is 2.73 bits per heavy atom. The summed E-state index contributed by atoms with van der Waals surface area (Å²) in [6, 6.07) is 8.72. The molecule has 2 heterocycles. The normalized spacial score (nSPS) is 11.2. The van der Waals surface area contributed by atoms with E-state index >= 15 is 0 Å². The lowest BCUT2D eigenvalue weighted by atomic mass is 10.1. The molecular formula is C28H32F2N6O4. The number of likely N-dealkylation sites (N-methyl/N-ethyl adjacent to an activating group) is 1. The topological polar surface area (TPSA) is 113 Å². The van der Waals surface area contributed by atoms with Crippen LogP contribution < -0.4 is 15.4 Å². The van der Waals surface area contributed by atoms with Gasteiger partial charge in [0.1, 0.15) is 0 Å². The summed E-state index contributed by atoms with van der Waals surface area (Å²) in [4.78, 5) is 21.2. The Morgan fingerprint density at radius 1 is 1.15 bits per heavy atom. The van der Waals surface area contributed by atoms with Gasteiger partial charge in [-0.15, -0.1) is 0 Å². The molecule has 0 atom stereocenters. The third-order valence-electron chi connectivity index (χ3n) is 6.30. The standard InChI is InChI=1S/C28H32F2N6O4/c1-4-18-15-19(5-7-21(18)31-10-13-40-14-12-35(2)17-24(37)38)34-27-28-33-16-22(36(28)11-9-32-27)20-6-8-23(39-3)26(30)25(20)29/h5-9,11,15-16,31H,4,10,12-14,17H2,1-3H3,(H,32,34)(H,37,38). The Labute approximate surface area is 230 Å². The molecule has 0 spiro atoms. The van der Waals surface area contributed by atoms with Crippen LogP contribution in [0, 0.1) is 11.6 Å². The molecule has 4 rings (SSSR count). The summed E-state index contributed by atoms with van der Waals surface area (Å²) < 4.78 is 41.2. The van der Waals surface area contributed by atoms with Gasteiger partial charge in [0, 0.05) is 42.4 Å². The van der Waals surface area contributed by atoms with E-state index in [-0.39, 0.29) is 17.9 Å². The van der Waals surface area contributed by atoms with Gasteiger partial charge in [0.15, 0.2) is 23.0 Å². The van der Waals surface area contributed by atoms with Gasteiger partial charge in [-0.3, -0.25) is 14.1 Å². The van der Waals surface area contributed by atoms with E-state index in [4.69, 9.17) is 14.6 Å². The molecule has 12 heteroatoms. The zero-order valence-corrected chi connectivity index (χ0v) is 22.6. The smallest absolute Gasteiger partial charge is 0.317 e. The molecule has 0 bridgehead atoms. The van der Waals surface area contributed by atoms with Gasteiger partial charge >= 0.3 is 5.97 Å². The monoisotopic (exact) mass is 554 g/mol. The van der Waals surface area contributed by atoms with Crippen LogP contribution in [0.4, 0.5) is 26.0 Å². The molecule has 4 aromatic rings. The zero-order chi connectivity index (χ0) is 28.6. The van der Waals surface area contributed by atoms with Crippen LogP contribution in [0.2, 0.25) is 0 Å². The first-order chi connectivity index (χ1) is 19.3. The summed E-state index contributed by atoms with van der Waals surface area (Å²) in [5.41, 5.74) is 3.75. The summed E-state index contributed by atoms with van der Waals surface area (Å²) in [5.74, 6) is -2.64. The maximum atomic E-state index is 14.8. The average Bonchev–Trinajstić information content (AvgIpc) is 3.37. The van der Waals surface area contributed by atoms with E-state index in [9.17, 15) is 13.6 Å². The number of anilines is 3. The van der Waals surface area contributed by atoms with Crippen LogP contribution in [0.5, 0.6) is 5.75 Å². The number of hydrogen-bond acceptors (Lipinski definition) is 8. The van der Waals surface area contributed by atoms with Gasteiger partial charge in [-0.2, -0.15) is 4.39 Å². The number of carbonyl (C=O) groups is 1.